The van der Waals surface area contributed by atoms with Gasteiger partial charge in [0.05, 0.1) is 7.11 Å². The number of nitrogens with one attached hydrogen (secondary N) is 1. The second-order valence-corrected chi connectivity index (χ2v) is 1.54. The zero-order chi connectivity index (χ0) is 8.85. The van der Waals surface area contributed by atoms with E-state index in [1.807, 2.05) is 5.43 Å². The molecule has 11 heavy (non-hydrogen) atoms. The lowest BCUT2D eigenvalue weighted by Gasteiger charge is -2.00. The molecular weight excluding hydrogens is 148 g/mol. The van der Waals surface area contributed by atoms with Gasteiger partial charge in [0.25, 0.3) is 0 Å². The van der Waals surface area contributed by atoms with Crippen LogP contribution in [0.5, 0.6) is 0 Å². The van der Waals surface area contributed by atoms with Crippen LogP contribution in [0.2, 0.25) is 0 Å². The first-order valence-corrected chi connectivity index (χ1v) is 2.62. The molecule has 0 aromatic rings. The first kappa shape index (κ1) is 9.26. The minimum atomic E-state index is -0.817. The molecular formula is C5H8N4O2. The van der Waals surface area contributed by atoms with E-state index >= 15 is 0 Å². The van der Waals surface area contributed by atoms with Crippen molar-refractivity contribution in [3.8, 4) is 6.07 Å². The highest BCUT2D eigenvalue weighted by atomic mass is 16.5. The van der Waals surface area contributed by atoms with Gasteiger partial charge < -0.3 is 15.9 Å². The van der Waals surface area contributed by atoms with Gasteiger partial charge in [-0.1, -0.05) is 0 Å². The summed E-state index contributed by atoms with van der Waals surface area (Å²) in [6.45, 7) is 0. The molecule has 6 heteroatoms. The Morgan fingerprint density at radius 3 is 2.55 bits per heavy atom. The van der Waals surface area contributed by atoms with E-state index in [0.717, 1.165) is 7.11 Å². The fraction of sp³-hybridized carbons (Fsp3) is 0.200. The number of carbonyl (C=O) groups excluding carboxylic acids is 1. The SMILES string of the molecule is COC(=O)/C(C#N)=C(\N)NN. The highest BCUT2D eigenvalue weighted by molar-refractivity contribution is 5.93. The Morgan fingerprint density at radius 1 is 1.73 bits per heavy atom. The molecule has 0 unspecified atom stereocenters. The number of nitriles is 1. The second-order valence-electron chi connectivity index (χ2n) is 1.54. The summed E-state index contributed by atoms with van der Waals surface area (Å²) in [4.78, 5) is 10.7. The molecule has 6 nitrogen and oxygen atoms in total. The summed E-state index contributed by atoms with van der Waals surface area (Å²) in [5, 5.41) is 8.34. The summed E-state index contributed by atoms with van der Waals surface area (Å²) in [5.41, 5.74) is 6.75. The van der Waals surface area contributed by atoms with Crippen LogP contribution in [0.3, 0.4) is 0 Å². The minimum Gasteiger partial charge on any atom is -0.465 e. The average Bonchev–Trinajstić information content (AvgIpc) is 2.05. The van der Waals surface area contributed by atoms with Crippen LogP contribution in [0.1, 0.15) is 0 Å². The van der Waals surface area contributed by atoms with Crippen LogP contribution in [-0.4, -0.2) is 13.1 Å². The fourth-order valence-electron chi connectivity index (χ4n) is 0.390. The maximum absolute atomic E-state index is 10.7. The van der Waals surface area contributed by atoms with Crippen molar-refractivity contribution in [2.24, 2.45) is 11.6 Å². The van der Waals surface area contributed by atoms with Gasteiger partial charge in [-0.25, -0.2) is 10.6 Å². The number of nitrogens with two attached hydrogens (primary N) is 2. The van der Waals surface area contributed by atoms with Crippen molar-refractivity contribution in [2.75, 3.05) is 7.11 Å². The molecule has 0 aromatic heterocycles. The Balaban J connectivity index is 4.69. The molecule has 0 atom stereocenters. The second kappa shape index (κ2) is 4.14. The maximum atomic E-state index is 10.7. The van der Waals surface area contributed by atoms with E-state index in [1.165, 1.54) is 0 Å². The Kier molecular flexibility index (Phi) is 3.48. The normalized spacial score (nSPS) is 11.0. The number of hydrogen-bond acceptors (Lipinski definition) is 6. The highest BCUT2D eigenvalue weighted by Gasteiger charge is 2.12. The number of esters is 1. The molecule has 0 radical (unpaired) electrons. The van der Waals surface area contributed by atoms with Crippen molar-refractivity contribution in [3.63, 3.8) is 0 Å². The van der Waals surface area contributed by atoms with Crippen LogP contribution >= 0.6 is 0 Å². The maximum Gasteiger partial charge on any atom is 0.352 e. The Bertz CT molecular complexity index is 227. The molecule has 0 amide bonds. The topological polar surface area (TPSA) is 114 Å². The summed E-state index contributed by atoms with van der Waals surface area (Å²) in [6, 6.07) is 1.54. The third-order valence-corrected chi connectivity index (χ3v) is 0.926. The summed E-state index contributed by atoms with van der Waals surface area (Å²) in [5.74, 6) is 3.82. The van der Waals surface area contributed by atoms with Crippen LogP contribution in [0.15, 0.2) is 11.4 Å². The molecule has 5 N–H and O–H groups in total. The molecule has 60 valence electrons. The van der Waals surface area contributed by atoms with E-state index in [-0.39, 0.29) is 11.4 Å². The first-order valence-electron chi connectivity index (χ1n) is 2.62. The zero-order valence-electron chi connectivity index (χ0n) is 5.92. The monoisotopic (exact) mass is 156 g/mol. The van der Waals surface area contributed by atoms with Crippen LogP contribution in [0.25, 0.3) is 0 Å². The van der Waals surface area contributed by atoms with Crippen LogP contribution in [0.4, 0.5) is 0 Å². The van der Waals surface area contributed by atoms with Crippen molar-refractivity contribution in [1.82, 2.24) is 5.43 Å². The van der Waals surface area contributed by atoms with Gasteiger partial charge >= 0.3 is 5.97 Å². The predicted molar refractivity (Wildman–Crippen MR) is 36.2 cm³/mol. The van der Waals surface area contributed by atoms with Gasteiger partial charge in [0.15, 0.2) is 5.57 Å². The zero-order valence-corrected chi connectivity index (χ0v) is 5.92. The molecule has 0 spiro atoms. The van der Waals surface area contributed by atoms with E-state index in [9.17, 15) is 4.79 Å². The summed E-state index contributed by atoms with van der Waals surface area (Å²) < 4.78 is 4.23. The van der Waals surface area contributed by atoms with E-state index in [4.69, 9.17) is 16.8 Å². The van der Waals surface area contributed by atoms with Crippen molar-refractivity contribution in [1.29, 1.82) is 5.26 Å². The molecule has 0 aliphatic heterocycles. The predicted octanol–water partition coefficient (Wildman–Crippen LogP) is -1.68. The van der Waals surface area contributed by atoms with Crippen molar-refractivity contribution < 1.29 is 9.53 Å². The number of methoxy groups -OCH3 is 1. The molecule has 0 heterocycles. The number of hydrazine groups is 1. The Hall–Kier alpha value is -1.74. The number of carbonyl (C=O) groups is 1. The highest BCUT2D eigenvalue weighted by Crippen LogP contribution is 1.95. The van der Waals surface area contributed by atoms with Gasteiger partial charge in [-0.3, -0.25) is 0 Å². The van der Waals surface area contributed by atoms with Gasteiger partial charge in [-0.2, -0.15) is 5.26 Å². The van der Waals surface area contributed by atoms with Crippen LogP contribution in [-0.2, 0) is 9.53 Å². The van der Waals surface area contributed by atoms with Crippen LogP contribution in [0, 0.1) is 11.3 Å². The number of hydrogen-bond donors (Lipinski definition) is 3. The van der Waals surface area contributed by atoms with Gasteiger partial charge in [0.2, 0.25) is 0 Å². The molecule has 0 aromatic carbocycles. The largest absolute Gasteiger partial charge is 0.465 e. The average molecular weight is 156 g/mol. The molecule has 0 rings (SSSR count). The fourth-order valence-corrected chi connectivity index (χ4v) is 0.390. The third-order valence-electron chi connectivity index (χ3n) is 0.926. The minimum absolute atomic E-state index is 0.209. The van der Waals surface area contributed by atoms with Crippen molar-refractivity contribution >= 4 is 5.97 Å². The van der Waals surface area contributed by atoms with Crippen molar-refractivity contribution in [2.45, 2.75) is 0 Å². The number of nitrogens with zero attached hydrogens (tertiary/aromatic N) is 1. The lowest BCUT2D eigenvalue weighted by molar-refractivity contribution is -0.135. The summed E-state index contributed by atoms with van der Waals surface area (Å²) in [7, 11) is 1.14. The Labute approximate surface area is 63.4 Å². The standard InChI is InChI=1S/C5H8N4O2/c1-11-5(10)3(2-6)4(7)9-8/h9H,7-8H2,1H3/b4-3+. The van der Waals surface area contributed by atoms with E-state index in [0.29, 0.717) is 0 Å². The van der Waals surface area contributed by atoms with E-state index in [1.54, 1.807) is 6.07 Å². The molecule has 0 aliphatic rings. The lowest BCUT2D eigenvalue weighted by atomic mass is 10.3. The van der Waals surface area contributed by atoms with Crippen LogP contribution < -0.4 is 17.0 Å². The quantitative estimate of drug-likeness (QED) is 0.144. The molecule has 0 aliphatic carbocycles. The lowest BCUT2D eigenvalue weighted by Crippen LogP contribution is -2.30. The van der Waals surface area contributed by atoms with E-state index in [2.05, 4.69) is 4.74 Å². The van der Waals surface area contributed by atoms with Gasteiger partial charge in [0.1, 0.15) is 11.9 Å². The third kappa shape index (κ3) is 2.15. The molecule has 0 saturated heterocycles. The van der Waals surface area contributed by atoms with Crippen molar-refractivity contribution in [3.05, 3.63) is 11.4 Å². The summed E-state index contributed by atoms with van der Waals surface area (Å²) in [6.07, 6.45) is 0. The van der Waals surface area contributed by atoms with Gasteiger partial charge in [-0.15, -0.1) is 0 Å². The van der Waals surface area contributed by atoms with E-state index < -0.39 is 5.97 Å². The van der Waals surface area contributed by atoms with Gasteiger partial charge in [-0.05, 0) is 0 Å². The number of ether oxygens (including phenoxy) is 1. The molecule has 0 fully saturated rings. The summed E-state index contributed by atoms with van der Waals surface area (Å²) >= 11 is 0. The molecule has 0 saturated carbocycles. The smallest absolute Gasteiger partial charge is 0.352 e. The van der Waals surface area contributed by atoms with Gasteiger partial charge in [0, 0.05) is 0 Å². The Morgan fingerprint density at radius 2 is 2.27 bits per heavy atom. The molecule has 0 bridgehead atoms. The number of rotatable bonds is 2. The first-order chi connectivity index (χ1) is 5.17.